The van der Waals surface area contributed by atoms with Crippen molar-refractivity contribution in [3.8, 4) is 5.75 Å². The minimum atomic E-state index is 0.854. The van der Waals surface area contributed by atoms with Gasteiger partial charge in [0.25, 0.3) is 0 Å². The van der Waals surface area contributed by atoms with E-state index in [9.17, 15) is 0 Å². The standard InChI is InChI=1S/C18H30Br2OS/c1-2-3-4-5-6-7-8-9-10-11-12-21-18-16(13-19)15-22-17(18)14-20/h15H,2-14H2,1H3. The quantitative estimate of drug-likeness (QED) is 0.206. The van der Waals surface area contributed by atoms with Crippen LogP contribution in [0.15, 0.2) is 5.38 Å². The maximum Gasteiger partial charge on any atom is 0.138 e. The molecule has 1 aromatic rings. The zero-order valence-corrected chi connectivity index (χ0v) is 17.8. The molecule has 1 aromatic heterocycles. The van der Waals surface area contributed by atoms with Crippen molar-refractivity contribution < 1.29 is 4.74 Å². The molecule has 0 unspecified atom stereocenters. The fourth-order valence-electron chi connectivity index (χ4n) is 2.55. The molecule has 0 saturated heterocycles. The second kappa shape index (κ2) is 13.9. The largest absolute Gasteiger partial charge is 0.492 e. The SMILES string of the molecule is CCCCCCCCCCCCOc1c(CBr)csc1CBr. The Morgan fingerprint density at radius 1 is 0.864 bits per heavy atom. The van der Waals surface area contributed by atoms with Gasteiger partial charge in [-0.05, 0) is 11.8 Å². The third-order valence-electron chi connectivity index (χ3n) is 3.90. The van der Waals surface area contributed by atoms with Crippen molar-refractivity contribution in [3.63, 3.8) is 0 Å². The van der Waals surface area contributed by atoms with Gasteiger partial charge in [-0.25, -0.2) is 0 Å². The van der Waals surface area contributed by atoms with Gasteiger partial charge < -0.3 is 4.74 Å². The van der Waals surface area contributed by atoms with Crippen LogP contribution < -0.4 is 4.74 Å². The molecule has 0 aromatic carbocycles. The lowest BCUT2D eigenvalue weighted by molar-refractivity contribution is 0.301. The van der Waals surface area contributed by atoms with E-state index in [2.05, 4.69) is 44.2 Å². The van der Waals surface area contributed by atoms with E-state index in [1.165, 1.54) is 74.6 Å². The lowest BCUT2D eigenvalue weighted by Gasteiger charge is -2.08. The van der Waals surface area contributed by atoms with Gasteiger partial charge in [-0.3, -0.25) is 0 Å². The van der Waals surface area contributed by atoms with E-state index in [1.807, 2.05) is 0 Å². The maximum absolute atomic E-state index is 6.01. The highest BCUT2D eigenvalue weighted by Gasteiger charge is 2.11. The van der Waals surface area contributed by atoms with Crippen LogP contribution in [-0.4, -0.2) is 6.61 Å². The zero-order valence-electron chi connectivity index (χ0n) is 13.8. The summed E-state index contributed by atoms with van der Waals surface area (Å²) >= 11 is 8.86. The summed E-state index contributed by atoms with van der Waals surface area (Å²) in [7, 11) is 0. The third kappa shape index (κ3) is 8.35. The normalized spacial score (nSPS) is 11.0. The number of unbranched alkanes of at least 4 members (excludes halogenated alkanes) is 9. The Morgan fingerprint density at radius 3 is 2.00 bits per heavy atom. The number of alkyl halides is 2. The molecule has 1 nitrogen and oxygen atoms in total. The van der Waals surface area contributed by atoms with E-state index >= 15 is 0 Å². The van der Waals surface area contributed by atoms with E-state index in [0.717, 1.165) is 23.0 Å². The molecule has 0 N–H and O–H groups in total. The molecule has 0 spiro atoms. The number of hydrogen-bond acceptors (Lipinski definition) is 2. The molecule has 0 aliphatic rings. The summed E-state index contributed by atoms with van der Waals surface area (Å²) in [6.07, 6.45) is 13.7. The summed E-state index contributed by atoms with van der Waals surface area (Å²) in [6, 6.07) is 0. The van der Waals surface area contributed by atoms with Crippen LogP contribution in [0.4, 0.5) is 0 Å². The summed E-state index contributed by atoms with van der Waals surface area (Å²) in [6.45, 7) is 3.13. The van der Waals surface area contributed by atoms with Crippen LogP contribution in [0.1, 0.15) is 81.6 Å². The summed E-state index contributed by atoms with van der Waals surface area (Å²) < 4.78 is 6.01. The Labute approximate surface area is 157 Å². The molecule has 4 heteroatoms. The van der Waals surface area contributed by atoms with Crippen molar-refractivity contribution in [1.82, 2.24) is 0 Å². The molecule has 0 radical (unpaired) electrons. The van der Waals surface area contributed by atoms with E-state index in [-0.39, 0.29) is 0 Å². The molecule has 0 aliphatic carbocycles. The predicted octanol–water partition coefficient (Wildman–Crippen LogP) is 7.84. The Hall–Kier alpha value is 0.460. The second-order valence-electron chi connectivity index (χ2n) is 5.81. The average Bonchev–Trinajstić information content (AvgIpc) is 2.94. The molecule has 0 amide bonds. The van der Waals surface area contributed by atoms with Gasteiger partial charge in [-0.1, -0.05) is 96.6 Å². The molecule has 0 fully saturated rings. The molecular formula is C18H30Br2OS. The average molecular weight is 454 g/mol. The Kier molecular flexibility index (Phi) is 12.9. The number of ether oxygens (including phenoxy) is 1. The van der Waals surface area contributed by atoms with E-state index in [1.54, 1.807) is 11.3 Å². The Balaban J connectivity index is 2.01. The van der Waals surface area contributed by atoms with Crippen LogP contribution in [0.5, 0.6) is 5.75 Å². The molecule has 22 heavy (non-hydrogen) atoms. The maximum atomic E-state index is 6.01. The van der Waals surface area contributed by atoms with Crippen LogP contribution in [-0.2, 0) is 10.7 Å². The third-order valence-corrected chi connectivity index (χ3v) is 6.45. The van der Waals surface area contributed by atoms with Crippen LogP contribution in [0.3, 0.4) is 0 Å². The van der Waals surface area contributed by atoms with E-state index in [4.69, 9.17) is 4.74 Å². The van der Waals surface area contributed by atoms with Crippen LogP contribution in [0, 0.1) is 0 Å². The van der Waals surface area contributed by atoms with E-state index in [0.29, 0.717) is 0 Å². The smallest absolute Gasteiger partial charge is 0.138 e. The second-order valence-corrected chi connectivity index (χ2v) is 7.90. The summed E-state index contributed by atoms with van der Waals surface area (Å²) in [5.74, 6) is 1.11. The molecular weight excluding hydrogens is 424 g/mol. The van der Waals surface area contributed by atoms with E-state index < -0.39 is 0 Å². The van der Waals surface area contributed by atoms with Crippen LogP contribution >= 0.6 is 43.2 Å². The number of hydrogen-bond donors (Lipinski definition) is 0. The van der Waals surface area contributed by atoms with Gasteiger partial charge in [-0.2, -0.15) is 0 Å². The molecule has 0 bridgehead atoms. The lowest BCUT2D eigenvalue weighted by Crippen LogP contribution is -1.99. The minimum Gasteiger partial charge on any atom is -0.492 e. The first-order valence-corrected chi connectivity index (χ1v) is 11.8. The predicted molar refractivity (Wildman–Crippen MR) is 107 cm³/mol. The van der Waals surface area contributed by atoms with Crippen LogP contribution in [0.25, 0.3) is 0 Å². The molecule has 1 rings (SSSR count). The van der Waals surface area contributed by atoms with Crippen LogP contribution in [0.2, 0.25) is 0 Å². The van der Waals surface area contributed by atoms with Crippen molar-refractivity contribution in [1.29, 1.82) is 0 Å². The van der Waals surface area contributed by atoms with Gasteiger partial charge in [0.1, 0.15) is 5.75 Å². The van der Waals surface area contributed by atoms with Gasteiger partial charge in [0.2, 0.25) is 0 Å². The lowest BCUT2D eigenvalue weighted by atomic mass is 10.1. The van der Waals surface area contributed by atoms with Gasteiger partial charge in [0, 0.05) is 16.2 Å². The highest BCUT2D eigenvalue weighted by molar-refractivity contribution is 9.08. The number of rotatable bonds is 14. The summed E-state index contributed by atoms with van der Waals surface area (Å²) in [5.41, 5.74) is 1.28. The molecule has 0 aliphatic heterocycles. The molecule has 128 valence electrons. The first-order valence-electron chi connectivity index (χ1n) is 8.67. The van der Waals surface area contributed by atoms with Crippen molar-refractivity contribution in [3.05, 3.63) is 15.8 Å². The summed E-state index contributed by atoms with van der Waals surface area (Å²) in [5, 5.41) is 3.96. The first kappa shape index (κ1) is 20.5. The molecule has 0 atom stereocenters. The van der Waals surface area contributed by atoms with Crippen molar-refractivity contribution in [2.45, 2.75) is 81.8 Å². The Bertz CT molecular complexity index is 358. The zero-order chi connectivity index (χ0) is 16.0. The van der Waals surface area contributed by atoms with Gasteiger partial charge in [0.05, 0.1) is 11.5 Å². The van der Waals surface area contributed by atoms with Gasteiger partial charge in [0.15, 0.2) is 0 Å². The monoisotopic (exact) mass is 452 g/mol. The summed E-state index contributed by atoms with van der Waals surface area (Å²) in [4.78, 5) is 1.31. The molecule has 1 heterocycles. The van der Waals surface area contributed by atoms with Crippen molar-refractivity contribution >= 4 is 43.2 Å². The highest BCUT2D eigenvalue weighted by Crippen LogP contribution is 2.34. The first-order chi connectivity index (χ1) is 10.8. The molecule has 0 saturated carbocycles. The highest BCUT2D eigenvalue weighted by atomic mass is 79.9. The van der Waals surface area contributed by atoms with Gasteiger partial charge in [-0.15, -0.1) is 11.3 Å². The van der Waals surface area contributed by atoms with Crippen molar-refractivity contribution in [2.75, 3.05) is 6.61 Å². The fourth-order valence-corrected chi connectivity index (χ4v) is 4.67. The Morgan fingerprint density at radius 2 is 1.45 bits per heavy atom. The topological polar surface area (TPSA) is 9.23 Å². The fraction of sp³-hybridized carbons (Fsp3) is 0.778. The minimum absolute atomic E-state index is 0.854. The number of thiophene rings is 1. The van der Waals surface area contributed by atoms with Gasteiger partial charge >= 0.3 is 0 Å². The number of halogens is 2. The van der Waals surface area contributed by atoms with Crippen molar-refractivity contribution in [2.24, 2.45) is 0 Å².